The third-order valence-corrected chi connectivity index (χ3v) is 2.78. The number of carboxylic acids is 1. The Hall–Kier alpha value is -2.38. The van der Waals surface area contributed by atoms with Crippen LogP contribution in [0.4, 0.5) is 5.88 Å². The van der Waals surface area contributed by atoms with Crippen molar-refractivity contribution in [2.75, 3.05) is 6.54 Å². The first-order valence-electron chi connectivity index (χ1n) is 5.28. The molecule has 2 heterocycles. The van der Waals surface area contributed by atoms with Crippen LogP contribution >= 0.6 is 0 Å². The number of hydrogen-bond acceptors (Lipinski definition) is 5. The minimum absolute atomic E-state index is 0.213. The van der Waals surface area contributed by atoms with Gasteiger partial charge in [0.2, 0.25) is 0 Å². The number of furan rings is 1. The molecule has 0 aromatic carbocycles. The fourth-order valence-electron chi connectivity index (χ4n) is 1.95. The molecule has 1 aliphatic rings. The van der Waals surface area contributed by atoms with Crippen LogP contribution in [0.25, 0.3) is 0 Å². The average Bonchev–Trinajstić information content (AvgIpc) is 2.97. The monoisotopic (exact) mass is 254 g/mol. The summed E-state index contributed by atoms with van der Waals surface area (Å²) in [6.45, 7) is 0.310. The molecular formula is C10H10N2O6. The molecule has 1 aromatic rings. The molecule has 1 N–H and O–H groups in total. The van der Waals surface area contributed by atoms with Gasteiger partial charge in [0, 0.05) is 6.54 Å². The van der Waals surface area contributed by atoms with Crippen molar-refractivity contribution in [3.8, 4) is 0 Å². The highest BCUT2D eigenvalue weighted by Crippen LogP contribution is 2.23. The zero-order valence-electron chi connectivity index (χ0n) is 9.24. The van der Waals surface area contributed by atoms with E-state index in [0.717, 1.165) is 11.0 Å². The van der Waals surface area contributed by atoms with Crippen molar-refractivity contribution in [3.63, 3.8) is 0 Å². The topological polar surface area (TPSA) is 114 Å². The van der Waals surface area contributed by atoms with Crippen LogP contribution in [0.5, 0.6) is 0 Å². The number of likely N-dealkylation sites (tertiary alicyclic amines) is 1. The molecule has 1 fully saturated rings. The van der Waals surface area contributed by atoms with E-state index in [1.807, 2.05) is 0 Å². The SMILES string of the molecule is O=C(O)[C@@H]1CCCN1C(=O)c1ccc([N+](=O)[O-])o1. The number of carbonyl (C=O) groups excluding carboxylic acids is 1. The molecule has 1 aromatic heterocycles. The second-order valence-electron chi connectivity index (χ2n) is 3.89. The molecule has 2 rings (SSSR count). The third kappa shape index (κ3) is 2.04. The van der Waals surface area contributed by atoms with Gasteiger partial charge in [-0.1, -0.05) is 0 Å². The molecule has 1 amide bonds. The second-order valence-corrected chi connectivity index (χ2v) is 3.89. The highest BCUT2D eigenvalue weighted by atomic mass is 16.6. The van der Waals surface area contributed by atoms with Gasteiger partial charge < -0.3 is 14.4 Å². The lowest BCUT2D eigenvalue weighted by Crippen LogP contribution is -2.40. The van der Waals surface area contributed by atoms with Crippen LogP contribution in [-0.4, -0.2) is 39.4 Å². The Balaban J connectivity index is 2.20. The zero-order chi connectivity index (χ0) is 13.3. The number of hydrogen-bond donors (Lipinski definition) is 1. The highest BCUT2D eigenvalue weighted by molar-refractivity contribution is 5.94. The molecule has 1 atom stereocenters. The van der Waals surface area contributed by atoms with Gasteiger partial charge in [0.05, 0.1) is 6.07 Å². The number of amides is 1. The van der Waals surface area contributed by atoms with Crippen molar-refractivity contribution >= 4 is 17.8 Å². The maximum absolute atomic E-state index is 11.9. The summed E-state index contributed by atoms with van der Waals surface area (Å²) in [7, 11) is 0. The van der Waals surface area contributed by atoms with Crippen molar-refractivity contribution in [1.29, 1.82) is 0 Å². The van der Waals surface area contributed by atoms with Gasteiger partial charge in [-0.05, 0) is 18.9 Å². The number of carboxylic acid groups (broad SMARTS) is 1. The van der Waals surface area contributed by atoms with Crippen LogP contribution in [0.3, 0.4) is 0 Å². The van der Waals surface area contributed by atoms with Crippen LogP contribution in [0, 0.1) is 10.1 Å². The first-order chi connectivity index (χ1) is 8.50. The summed E-state index contributed by atoms with van der Waals surface area (Å²) in [6.07, 6.45) is 0.968. The number of rotatable bonds is 3. The van der Waals surface area contributed by atoms with E-state index in [1.165, 1.54) is 6.07 Å². The number of carbonyl (C=O) groups is 2. The van der Waals surface area contributed by atoms with Gasteiger partial charge in [0.15, 0.2) is 5.76 Å². The van der Waals surface area contributed by atoms with E-state index in [4.69, 9.17) is 9.52 Å². The Morgan fingerprint density at radius 1 is 1.50 bits per heavy atom. The van der Waals surface area contributed by atoms with Crippen LogP contribution in [0.2, 0.25) is 0 Å². The molecule has 18 heavy (non-hydrogen) atoms. The van der Waals surface area contributed by atoms with Gasteiger partial charge in [-0.2, -0.15) is 0 Å². The summed E-state index contributed by atoms with van der Waals surface area (Å²) in [6, 6.07) is 1.36. The summed E-state index contributed by atoms with van der Waals surface area (Å²) in [5.41, 5.74) is 0. The van der Waals surface area contributed by atoms with Crippen LogP contribution < -0.4 is 0 Å². The average molecular weight is 254 g/mol. The molecule has 8 nitrogen and oxygen atoms in total. The Morgan fingerprint density at radius 2 is 2.22 bits per heavy atom. The molecule has 1 aliphatic heterocycles. The first-order valence-corrected chi connectivity index (χ1v) is 5.28. The second kappa shape index (κ2) is 4.47. The standard InChI is InChI=1S/C10H10N2O6/c13-9(7-3-4-8(18-7)12(16)17)11-5-1-2-6(11)10(14)15/h3-4,6H,1-2,5H2,(H,14,15)/t6-/m0/s1. The Labute approximate surface area is 101 Å². The van der Waals surface area contributed by atoms with E-state index >= 15 is 0 Å². The summed E-state index contributed by atoms with van der Waals surface area (Å²) >= 11 is 0. The molecule has 96 valence electrons. The first kappa shape index (κ1) is 12.1. The van der Waals surface area contributed by atoms with E-state index in [2.05, 4.69) is 0 Å². The predicted molar refractivity (Wildman–Crippen MR) is 57.1 cm³/mol. The molecule has 0 radical (unpaired) electrons. The summed E-state index contributed by atoms with van der Waals surface area (Å²) in [5, 5.41) is 19.4. The Kier molecular flexibility index (Phi) is 3.00. The predicted octanol–water partition coefficient (Wildman–Crippen LogP) is 0.877. The highest BCUT2D eigenvalue weighted by Gasteiger charge is 2.36. The van der Waals surface area contributed by atoms with Gasteiger partial charge in [-0.3, -0.25) is 14.9 Å². The molecule has 0 saturated carbocycles. The number of aliphatic carboxylic acids is 1. The fraction of sp³-hybridized carbons (Fsp3) is 0.400. The van der Waals surface area contributed by atoms with E-state index < -0.39 is 28.7 Å². The van der Waals surface area contributed by atoms with Crippen molar-refractivity contribution in [2.24, 2.45) is 0 Å². The minimum Gasteiger partial charge on any atom is -0.480 e. The summed E-state index contributed by atoms with van der Waals surface area (Å²) in [5.74, 6) is -2.46. The van der Waals surface area contributed by atoms with Gasteiger partial charge >= 0.3 is 11.9 Å². The van der Waals surface area contributed by atoms with E-state index in [9.17, 15) is 19.7 Å². The fourth-order valence-corrected chi connectivity index (χ4v) is 1.95. The summed E-state index contributed by atoms with van der Waals surface area (Å²) < 4.78 is 4.76. The zero-order valence-corrected chi connectivity index (χ0v) is 9.24. The van der Waals surface area contributed by atoms with Gasteiger partial charge in [-0.25, -0.2) is 4.79 Å². The summed E-state index contributed by atoms with van der Waals surface area (Å²) in [4.78, 5) is 33.7. The van der Waals surface area contributed by atoms with Gasteiger partial charge in [-0.15, -0.1) is 0 Å². The molecule has 1 saturated heterocycles. The van der Waals surface area contributed by atoms with E-state index in [0.29, 0.717) is 19.4 Å². The molecule has 0 unspecified atom stereocenters. The lowest BCUT2D eigenvalue weighted by atomic mass is 10.2. The third-order valence-electron chi connectivity index (χ3n) is 2.78. The number of nitro groups is 1. The van der Waals surface area contributed by atoms with E-state index in [1.54, 1.807) is 0 Å². The van der Waals surface area contributed by atoms with Crippen molar-refractivity contribution in [3.05, 3.63) is 28.0 Å². The van der Waals surface area contributed by atoms with Gasteiger partial charge in [0.25, 0.3) is 5.91 Å². The molecule has 8 heteroatoms. The lowest BCUT2D eigenvalue weighted by Gasteiger charge is -2.19. The molecular weight excluding hydrogens is 244 g/mol. The molecule has 0 spiro atoms. The maximum Gasteiger partial charge on any atom is 0.433 e. The van der Waals surface area contributed by atoms with Crippen LogP contribution in [-0.2, 0) is 4.79 Å². The Morgan fingerprint density at radius 3 is 2.78 bits per heavy atom. The quantitative estimate of drug-likeness (QED) is 0.632. The smallest absolute Gasteiger partial charge is 0.433 e. The maximum atomic E-state index is 11.9. The van der Waals surface area contributed by atoms with Crippen molar-refractivity contribution < 1.29 is 24.0 Å². The normalized spacial score (nSPS) is 18.9. The molecule has 0 bridgehead atoms. The lowest BCUT2D eigenvalue weighted by molar-refractivity contribution is -0.402. The van der Waals surface area contributed by atoms with Crippen molar-refractivity contribution in [2.45, 2.75) is 18.9 Å². The van der Waals surface area contributed by atoms with Crippen LogP contribution in [0.1, 0.15) is 23.4 Å². The van der Waals surface area contributed by atoms with Crippen LogP contribution in [0.15, 0.2) is 16.5 Å². The minimum atomic E-state index is -1.08. The van der Waals surface area contributed by atoms with Crippen molar-refractivity contribution in [1.82, 2.24) is 4.90 Å². The van der Waals surface area contributed by atoms with Gasteiger partial charge in [0.1, 0.15) is 11.0 Å². The number of nitrogens with zero attached hydrogens (tertiary/aromatic N) is 2. The van der Waals surface area contributed by atoms with E-state index in [-0.39, 0.29) is 5.76 Å². The largest absolute Gasteiger partial charge is 0.480 e. The molecule has 0 aliphatic carbocycles. The Bertz CT molecular complexity index is 508.